The Morgan fingerprint density at radius 3 is 2.36 bits per heavy atom. The van der Waals surface area contributed by atoms with E-state index in [1.807, 2.05) is 30.3 Å². The van der Waals surface area contributed by atoms with Gasteiger partial charge in [-0.15, -0.1) is 0 Å². The van der Waals surface area contributed by atoms with Crippen molar-refractivity contribution in [2.75, 3.05) is 32.4 Å². The lowest BCUT2D eigenvalue weighted by molar-refractivity contribution is -0.128. The zero-order valence-corrected chi connectivity index (χ0v) is 22.9. The number of carbonyl (C=O) groups is 2. The van der Waals surface area contributed by atoms with Gasteiger partial charge in [-0.1, -0.05) is 49.6 Å². The first-order valence-corrected chi connectivity index (χ1v) is 15.5. The Morgan fingerprint density at radius 2 is 1.67 bits per heavy atom. The van der Waals surface area contributed by atoms with E-state index in [1.165, 1.54) is 35.4 Å². The first-order chi connectivity index (χ1) is 18.7. The molecule has 2 aromatic carbocycles. The summed E-state index contributed by atoms with van der Waals surface area (Å²) < 4.78 is 27.5. The van der Waals surface area contributed by atoms with Crippen molar-refractivity contribution in [3.05, 3.63) is 64.7 Å². The highest BCUT2D eigenvalue weighted by atomic mass is 32.2. The van der Waals surface area contributed by atoms with Crippen LogP contribution in [0.3, 0.4) is 0 Å². The maximum absolute atomic E-state index is 13.9. The average Bonchev–Trinajstić information content (AvgIpc) is 3.15. The highest BCUT2D eigenvalue weighted by Gasteiger charge is 2.32. The van der Waals surface area contributed by atoms with E-state index in [1.54, 1.807) is 17.0 Å². The van der Waals surface area contributed by atoms with Gasteiger partial charge in [0, 0.05) is 48.2 Å². The molecular weight excluding hydrogens is 514 g/mol. The fourth-order valence-corrected chi connectivity index (χ4v) is 7.39. The Labute approximate surface area is 228 Å². The topological polar surface area (TPSA) is 99.9 Å². The summed E-state index contributed by atoms with van der Waals surface area (Å²) in [5, 5.41) is 10.8. The Kier molecular flexibility index (Phi) is 6.59. The van der Waals surface area contributed by atoms with Crippen LogP contribution in [0.25, 0.3) is 28.2 Å². The van der Waals surface area contributed by atoms with E-state index >= 15 is 0 Å². The van der Waals surface area contributed by atoms with Crippen molar-refractivity contribution in [3.63, 3.8) is 0 Å². The predicted molar refractivity (Wildman–Crippen MR) is 151 cm³/mol. The van der Waals surface area contributed by atoms with E-state index in [9.17, 15) is 23.1 Å². The molecule has 3 heterocycles. The summed E-state index contributed by atoms with van der Waals surface area (Å²) >= 11 is 0. The van der Waals surface area contributed by atoms with Crippen LogP contribution in [-0.2, 0) is 21.4 Å². The third kappa shape index (κ3) is 4.67. The number of hydrogen-bond acceptors (Lipinski definition) is 4. The smallest absolute Gasteiger partial charge is 0.335 e. The van der Waals surface area contributed by atoms with Gasteiger partial charge in [-0.3, -0.25) is 4.79 Å². The molecule has 0 atom stereocenters. The van der Waals surface area contributed by atoms with Gasteiger partial charge >= 0.3 is 5.97 Å². The third-order valence-corrected chi connectivity index (χ3v) is 9.81. The van der Waals surface area contributed by atoms with Gasteiger partial charge < -0.3 is 14.6 Å². The average molecular weight is 548 g/mol. The standard InChI is InChI=1S/C30H33N3O5S/c1-39(37,38)32-15-13-31(14-16-32)29(34)23-17-21-9-5-6-10-24(21)28-27(20-7-3-2-4-8-20)25-12-11-22(30(35)36)18-26(25)33(28)19-23/h5-6,9-12,17-18,20H,2-4,7-8,13-16,19H2,1H3,(H,35,36). The molecule has 0 radical (unpaired) electrons. The van der Waals surface area contributed by atoms with Crippen LogP contribution >= 0.6 is 0 Å². The quantitative estimate of drug-likeness (QED) is 0.517. The van der Waals surface area contributed by atoms with Crippen LogP contribution in [0.4, 0.5) is 0 Å². The maximum Gasteiger partial charge on any atom is 0.335 e. The number of benzene rings is 2. The zero-order valence-electron chi connectivity index (χ0n) is 22.1. The van der Waals surface area contributed by atoms with E-state index < -0.39 is 16.0 Å². The van der Waals surface area contributed by atoms with Gasteiger partial charge in [-0.2, -0.15) is 4.31 Å². The molecule has 0 unspecified atom stereocenters. The van der Waals surface area contributed by atoms with Crippen LogP contribution in [0.15, 0.2) is 48.0 Å². The van der Waals surface area contributed by atoms with Crippen LogP contribution in [-0.4, -0.2) is 71.6 Å². The van der Waals surface area contributed by atoms with Gasteiger partial charge in [0.1, 0.15) is 0 Å². The first-order valence-electron chi connectivity index (χ1n) is 13.7. The Bertz CT molecular complexity index is 1610. The minimum Gasteiger partial charge on any atom is -0.478 e. The minimum atomic E-state index is -3.30. The summed E-state index contributed by atoms with van der Waals surface area (Å²) in [6.07, 6.45) is 8.93. The fourth-order valence-electron chi connectivity index (χ4n) is 6.57. The molecule has 0 bridgehead atoms. The summed E-state index contributed by atoms with van der Waals surface area (Å²) in [6, 6.07) is 13.5. The van der Waals surface area contributed by atoms with Crippen molar-refractivity contribution in [3.8, 4) is 11.3 Å². The van der Waals surface area contributed by atoms with E-state index in [2.05, 4.69) is 10.6 Å². The highest BCUT2D eigenvalue weighted by Crippen LogP contribution is 2.46. The molecule has 1 aromatic heterocycles. The maximum atomic E-state index is 13.9. The number of nitrogens with zero attached hydrogens (tertiary/aromatic N) is 3. The van der Waals surface area contributed by atoms with Crippen LogP contribution in [0.1, 0.15) is 59.5 Å². The van der Waals surface area contributed by atoms with Crippen LogP contribution in [0, 0.1) is 0 Å². The second-order valence-corrected chi connectivity index (χ2v) is 12.9. The van der Waals surface area contributed by atoms with Crippen molar-refractivity contribution >= 4 is 38.9 Å². The van der Waals surface area contributed by atoms with Gasteiger partial charge in [0.05, 0.1) is 24.1 Å². The lowest BCUT2D eigenvalue weighted by atomic mass is 9.81. The van der Waals surface area contributed by atoms with Crippen molar-refractivity contribution in [2.45, 2.75) is 44.6 Å². The van der Waals surface area contributed by atoms with Gasteiger partial charge in [0.2, 0.25) is 10.0 Å². The molecule has 1 amide bonds. The van der Waals surface area contributed by atoms with Crippen molar-refractivity contribution in [2.24, 2.45) is 0 Å². The lowest BCUT2D eigenvalue weighted by Gasteiger charge is -2.33. The van der Waals surface area contributed by atoms with Gasteiger partial charge in [0.15, 0.2) is 0 Å². The number of carbonyl (C=O) groups excluding carboxylic acids is 1. The molecule has 3 aromatic rings. The lowest BCUT2D eigenvalue weighted by Crippen LogP contribution is -2.50. The van der Waals surface area contributed by atoms with E-state index in [0.29, 0.717) is 31.1 Å². The number of amides is 1. The van der Waals surface area contributed by atoms with Gasteiger partial charge in [-0.25, -0.2) is 13.2 Å². The van der Waals surface area contributed by atoms with Gasteiger partial charge in [-0.05, 0) is 48.1 Å². The largest absolute Gasteiger partial charge is 0.478 e. The van der Waals surface area contributed by atoms with Gasteiger partial charge in [0.25, 0.3) is 5.91 Å². The Hall–Kier alpha value is -3.43. The number of aromatic nitrogens is 1. The third-order valence-electron chi connectivity index (χ3n) is 8.51. The monoisotopic (exact) mass is 547 g/mol. The number of fused-ring (bicyclic) bond motifs is 5. The summed E-state index contributed by atoms with van der Waals surface area (Å²) in [4.78, 5) is 27.6. The molecule has 204 valence electrons. The Morgan fingerprint density at radius 1 is 0.949 bits per heavy atom. The molecule has 39 heavy (non-hydrogen) atoms. The SMILES string of the molecule is CS(=O)(=O)N1CCN(C(=O)C2=Cc3ccccc3-c3c(C4CCCCC4)c4ccc(C(=O)O)cc4n3C2)CC1. The zero-order chi connectivity index (χ0) is 27.3. The Balaban J connectivity index is 1.48. The molecular formula is C30H33N3O5S. The van der Waals surface area contributed by atoms with Crippen molar-refractivity contribution < 1.29 is 23.1 Å². The normalized spacial score (nSPS) is 18.8. The summed E-state index contributed by atoms with van der Waals surface area (Å²) in [7, 11) is -3.30. The molecule has 1 aliphatic carbocycles. The number of carboxylic acids is 1. The molecule has 1 N–H and O–H groups in total. The number of carboxylic acid groups (broad SMARTS) is 1. The number of hydrogen-bond donors (Lipinski definition) is 1. The predicted octanol–water partition coefficient (Wildman–Crippen LogP) is 4.56. The molecule has 8 nitrogen and oxygen atoms in total. The molecule has 0 spiro atoms. The van der Waals surface area contributed by atoms with E-state index in [-0.39, 0.29) is 24.6 Å². The first kappa shape index (κ1) is 25.8. The van der Waals surface area contributed by atoms with Crippen LogP contribution < -0.4 is 0 Å². The molecule has 6 rings (SSSR count). The minimum absolute atomic E-state index is 0.110. The van der Waals surface area contributed by atoms with Crippen molar-refractivity contribution in [1.82, 2.24) is 13.8 Å². The number of sulfonamides is 1. The van der Waals surface area contributed by atoms with Crippen LogP contribution in [0.2, 0.25) is 0 Å². The molecule has 1 saturated heterocycles. The molecule has 2 fully saturated rings. The number of piperazine rings is 1. The van der Waals surface area contributed by atoms with E-state index in [0.717, 1.165) is 40.6 Å². The summed E-state index contributed by atoms with van der Waals surface area (Å²) in [6.45, 7) is 1.54. The fraction of sp³-hybridized carbons (Fsp3) is 0.400. The molecule has 2 aliphatic heterocycles. The summed E-state index contributed by atoms with van der Waals surface area (Å²) in [5.74, 6) is -0.708. The number of aromatic carboxylic acids is 1. The second kappa shape index (κ2) is 9.95. The summed E-state index contributed by atoms with van der Waals surface area (Å²) in [5.41, 5.74) is 6.03. The molecule has 1 saturated carbocycles. The molecule has 9 heteroatoms. The number of rotatable bonds is 4. The highest BCUT2D eigenvalue weighted by molar-refractivity contribution is 7.88. The second-order valence-electron chi connectivity index (χ2n) is 10.9. The van der Waals surface area contributed by atoms with E-state index in [4.69, 9.17) is 0 Å². The van der Waals surface area contributed by atoms with Crippen molar-refractivity contribution in [1.29, 1.82) is 0 Å². The molecule has 3 aliphatic rings. The van der Waals surface area contributed by atoms with Crippen LogP contribution in [0.5, 0.6) is 0 Å².